The molecule has 0 aliphatic heterocycles. The zero-order valence-corrected chi connectivity index (χ0v) is 23.4. The standard InChI is InChI=1S/C30H30F3N3O3S/c1-18(20-10-12-22(13-11-20)30(31,32)33)17-35-26(34-5)21-8-6-19(7-9-21)16-23(28(38)39)36-27(37)24-14-15-25(40-24)29(2,3)4/h6-15,17,23H,5,16H2,1-4H3,(H,36,37)(H,38,39)/b18-17+,35-26-/t23-/m0/s1. The number of hydrogen-bond acceptors (Lipinski definition) is 4. The molecular weight excluding hydrogens is 539 g/mol. The van der Waals surface area contributed by atoms with Crippen molar-refractivity contribution in [1.82, 2.24) is 5.32 Å². The summed E-state index contributed by atoms with van der Waals surface area (Å²) in [5, 5.41) is 12.3. The Morgan fingerprint density at radius 3 is 2.10 bits per heavy atom. The predicted molar refractivity (Wildman–Crippen MR) is 153 cm³/mol. The first-order valence-corrected chi connectivity index (χ1v) is 13.1. The number of hydrogen-bond donors (Lipinski definition) is 2. The molecule has 0 saturated heterocycles. The summed E-state index contributed by atoms with van der Waals surface area (Å²) in [6.45, 7) is 11.4. The molecule has 1 heterocycles. The fraction of sp³-hybridized carbons (Fsp3) is 0.267. The molecule has 1 aromatic heterocycles. The number of carboxylic acids is 1. The molecule has 40 heavy (non-hydrogen) atoms. The summed E-state index contributed by atoms with van der Waals surface area (Å²) < 4.78 is 38.4. The highest BCUT2D eigenvalue weighted by Crippen LogP contribution is 2.31. The van der Waals surface area contributed by atoms with Crippen LogP contribution >= 0.6 is 11.3 Å². The van der Waals surface area contributed by atoms with E-state index >= 15 is 0 Å². The summed E-state index contributed by atoms with van der Waals surface area (Å²) >= 11 is 1.34. The van der Waals surface area contributed by atoms with Crippen LogP contribution in [-0.2, 0) is 22.8 Å². The summed E-state index contributed by atoms with van der Waals surface area (Å²) in [6.07, 6.45) is -2.84. The molecule has 0 spiro atoms. The molecule has 6 nitrogen and oxygen atoms in total. The van der Waals surface area contributed by atoms with Gasteiger partial charge >= 0.3 is 12.1 Å². The smallest absolute Gasteiger partial charge is 0.416 e. The van der Waals surface area contributed by atoms with Gasteiger partial charge in [0, 0.05) is 23.1 Å². The minimum atomic E-state index is -4.41. The van der Waals surface area contributed by atoms with E-state index in [1.807, 2.05) is 26.8 Å². The molecule has 0 bridgehead atoms. The molecule has 10 heteroatoms. The molecule has 0 aliphatic carbocycles. The number of amides is 1. The molecule has 0 saturated carbocycles. The number of alkyl halides is 3. The SMILES string of the molecule is C=N/C(=N\C=C(/C)c1ccc(C(F)(F)F)cc1)c1ccc(C[C@H](NC(=O)c2ccc(C(C)(C)C)s2)C(=O)O)cc1. The van der Waals surface area contributed by atoms with Crippen LogP contribution in [0, 0.1) is 0 Å². The van der Waals surface area contributed by atoms with E-state index < -0.39 is 29.7 Å². The van der Waals surface area contributed by atoms with Gasteiger partial charge in [-0.2, -0.15) is 13.2 Å². The number of carbonyl (C=O) groups excluding carboxylic acids is 1. The van der Waals surface area contributed by atoms with E-state index in [2.05, 4.69) is 22.0 Å². The number of benzene rings is 2. The molecule has 2 N–H and O–H groups in total. The van der Waals surface area contributed by atoms with Gasteiger partial charge in [0.05, 0.1) is 10.4 Å². The number of carbonyl (C=O) groups is 2. The van der Waals surface area contributed by atoms with Crippen molar-refractivity contribution >= 4 is 41.3 Å². The van der Waals surface area contributed by atoms with Crippen LogP contribution < -0.4 is 5.32 Å². The number of allylic oxidation sites excluding steroid dienone is 1. The van der Waals surface area contributed by atoms with Crippen molar-refractivity contribution in [3.63, 3.8) is 0 Å². The number of halogens is 3. The average molecular weight is 570 g/mol. The Bertz CT molecular complexity index is 1430. The number of carboxylic acid groups (broad SMARTS) is 1. The van der Waals surface area contributed by atoms with Crippen molar-refractivity contribution in [3.05, 3.63) is 98.9 Å². The van der Waals surface area contributed by atoms with Crippen LogP contribution in [0.5, 0.6) is 0 Å². The minimum absolute atomic E-state index is 0.0692. The molecule has 0 fully saturated rings. The van der Waals surface area contributed by atoms with Gasteiger partial charge in [0.25, 0.3) is 5.91 Å². The third kappa shape index (κ3) is 7.98. The van der Waals surface area contributed by atoms with E-state index in [0.717, 1.165) is 17.0 Å². The zero-order chi connectivity index (χ0) is 29.7. The molecule has 3 rings (SSSR count). The van der Waals surface area contributed by atoms with Crippen molar-refractivity contribution in [2.45, 2.75) is 51.7 Å². The minimum Gasteiger partial charge on any atom is -0.480 e. The second kappa shape index (κ2) is 12.4. The van der Waals surface area contributed by atoms with Gasteiger partial charge in [-0.25, -0.2) is 14.8 Å². The van der Waals surface area contributed by atoms with E-state index in [4.69, 9.17) is 0 Å². The quantitative estimate of drug-likeness (QED) is 0.226. The lowest BCUT2D eigenvalue weighted by atomic mass is 9.95. The normalized spacial score (nSPS) is 13.6. The van der Waals surface area contributed by atoms with Crippen molar-refractivity contribution in [2.24, 2.45) is 9.98 Å². The molecule has 1 atom stereocenters. The highest BCUT2D eigenvalue weighted by molar-refractivity contribution is 7.14. The van der Waals surface area contributed by atoms with Crippen LogP contribution in [0.15, 0.2) is 76.8 Å². The monoisotopic (exact) mass is 569 g/mol. The third-order valence-electron chi connectivity index (χ3n) is 6.02. The van der Waals surface area contributed by atoms with Gasteiger partial charge in [0.15, 0.2) is 5.84 Å². The van der Waals surface area contributed by atoms with Crippen LogP contribution in [0.1, 0.15) is 64.5 Å². The molecule has 0 radical (unpaired) electrons. The van der Waals surface area contributed by atoms with Crippen LogP contribution in [0.4, 0.5) is 13.2 Å². The number of aliphatic imine (C=N–C) groups is 2. The first-order valence-electron chi connectivity index (χ1n) is 12.3. The van der Waals surface area contributed by atoms with Crippen LogP contribution in [0.3, 0.4) is 0 Å². The largest absolute Gasteiger partial charge is 0.480 e. The maximum atomic E-state index is 12.8. The van der Waals surface area contributed by atoms with Crippen molar-refractivity contribution in [1.29, 1.82) is 0 Å². The predicted octanol–water partition coefficient (Wildman–Crippen LogP) is 7.00. The second-order valence-electron chi connectivity index (χ2n) is 10.2. The van der Waals surface area contributed by atoms with Gasteiger partial charge in [0.2, 0.25) is 0 Å². The zero-order valence-electron chi connectivity index (χ0n) is 22.5. The molecule has 210 valence electrons. The number of aliphatic carboxylic acids is 1. The Kier molecular flexibility index (Phi) is 9.47. The van der Waals surface area contributed by atoms with Gasteiger partial charge in [-0.05, 0) is 60.0 Å². The number of thiophene rings is 1. The Morgan fingerprint density at radius 1 is 1.00 bits per heavy atom. The van der Waals surface area contributed by atoms with E-state index in [0.29, 0.717) is 27.1 Å². The van der Waals surface area contributed by atoms with Gasteiger partial charge in [-0.15, -0.1) is 11.3 Å². The third-order valence-corrected chi connectivity index (χ3v) is 7.53. The highest BCUT2D eigenvalue weighted by atomic mass is 32.1. The molecular formula is C30H30F3N3O3S. The molecule has 3 aromatic rings. The highest BCUT2D eigenvalue weighted by Gasteiger charge is 2.30. The number of amidine groups is 1. The lowest BCUT2D eigenvalue weighted by Gasteiger charge is -2.16. The molecule has 0 unspecified atom stereocenters. The summed E-state index contributed by atoms with van der Waals surface area (Å²) in [4.78, 5) is 34.3. The first kappa shape index (κ1) is 30.5. The maximum Gasteiger partial charge on any atom is 0.416 e. The van der Waals surface area contributed by atoms with Gasteiger partial charge in [-0.1, -0.05) is 57.2 Å². The lowest BCUT2D eigenvalue weighted by Crippen LogP contribution is -2.42. The maximum absolute atomic E-state index is 12.8. The van der Waals surface area contributed by atoms with E-state index in [1.54, 1.807) is 37.3 Å². The van der Waals surface area contributed by atoms with Crippen LogP contribution in [-0.4, -0.2) is 35.6 Å². The van der Waals surface area contributed by atoms with Crippen molar-refractivity contribution < 1.29 is 27.9 Å². The Balaban J connectivity index is 1.71. The van der Waals surface area contributed by atoms with Crippen molar-refractivity contribution in [2.75, 3.05) is 0 Å². The summed E-state index contributed by atoms with van der Waals surface area (Å²) in [7, 11) is 0. The Labute approximate surface area is 235 Å². The molecule has 0 aliphatic rings. The summed E-state index contributed by atoms with van der Waals surface area (Å²) in [5.74, 6) is -1.30. The number of nitrogens with one attached hydrogen (secondary N) is 1. The van der Waals surface area contributed by atoms with Crippen LogP contribution in [0.25, 0.3) is 5.57 Å². The van der Waals surface area contributed by atoms with Crippen molar-refractivity contribution in [3.8, 4) is 0 Å². The van der Waals surface area contributed by atoms with E-state index in [-0.39, 0.29) is 17.7 Å². The lowest BCUT2D eigenvalue weighted by molar-refractivity contribution is -0.139. The second-order valence-corrected chi connectivity index (χ2v) is 11.3. The molecule has 1 amide bonds. The number of rotatable bonds is 8. The molecule has 2 aromatic carbocycles. The average Bonchev–Trinajstić information content (AvgIpc) is 3.40. The van der Waals surface area contributed by atoms with Crippen LogP contribution in [0.2, 0.25) is 0 Å². The van der Waals surface area contributed by atoms with Gasteiger partial charge < -0.3 is 10.4 Å². The fourth-order valence-corrected chi connectivity index (χ4v) is 4.65. The van der Waals surface area contributed by atoms with E-state index in [9.17, 15) is 27.9 Å². The fourth-order valence-electron chi connectivity index (χ4n) is 3.68. The summed E-state index contributed by atoms with van der Waals surface area (Å²) in [5.41, 5.74) is 1.65. The Hall–Kier alpha value is -4.05. The van der Waals surface area contributed by atoms with Gasteiger partial charge in [0.1, 0.15) is 6.04 Å². The topological polar surface area (TPSA) is 91.1 Å². The number of nitrogens with zero attached hydrogens (tertiary/aromatic N) is 2. The summed E-state index contributed by atoms with van der Waals surface area (Å²) in [6, 6.07) is 14.1. The van der Waals surface area contributed by atoms with E-state index in [1.165, 1.54) is 29.7 Å². The Morgan fingerprint density at radius 2 is 1.60 bits per heavy atom. The first-order chi connectivity index (χ1) is 18.7. The van der Waals surface area contributed by atoms with Gasteiger partial charge in [-0.3, -0.25) is 4.79 Å².